The molecule has 140 valence electrons. The van der Waals surface area contributed by atoms with E-state index in [1.807, 2.05) is 0 Å². The molecule has 0 aromatic rings. The Morgan fingerprint density at radius 1 is 0.696 bits per heavy atom. The van der Waals surface area contributed by atoms with Crippen molar-refractivity contribution in [2.45, 2.75) is 99.3 Å². The summed E-state index contributed by atoms with van der Waals surface area (Å²) < 4.78 is 0. The van der Waals surface area contributed by atoms with Crippen LogP contribution in [-0.2, 0) is 0 Å². The van der Waals surface area contributed by atoms with Gasteiger partial charge >= 0.3 is 0 Å². The van der Waals surface area contributed by atoms with Crippen molar-refractivity contribution in [2.24, 2.45) is 29.6 Å². The lowest BCUT2D eigenvalue weighted by Gasteiger charge is -2.24. The van der Waals surface area contributed by atoms with E-state index in [1.54, 1.807) is 0 Å². The average Bonchev–Trinajstić information content (AvgIpc) is 2.52. The molecular formula is C22H47N. The molecule has 3 unspecified atom stereocenters. The van der Waals surface area contributed by atoms with Gasteiger partial charge < -0.3 is 5.32 Å². The second kappa shape index (κ2) is 14.3. The summed E-state index contributed by atoms with van der Waals surface area (Å²) in [5.41, 5.74) is 0. The molecule has 1 N–H and O–H groups in total. The van der Waals surface area contributed by atoms with E-state index in [9.17, 15) is 0 Å². The molecule has 0 saturated heterocycles. The van der Waals surface area contributed by atoms with Crippen molar-refractivity contribution in [1.82, 2.24) is 5.32 Å². The first-order valence-electron chi connectivity index (χ1n) is 10.6. The molecule has 1 heteroatoms. The van der Waals surface area contributed by atoms with Crippen molar-refractivity contribution in [1.29, 1.82) is 0 Å². The van der Waals surface area contributed by atoms with E-state index < -0.39 is 0 Å². The largest absolute Gasteiger partial charge is 0.320 e. The highest BCUT2D eigenvalue weighted by atomic mass is 14.8. The van der Waals surface area contributed by atoms with Gasteiger partial charge in [-0.25, -0.2) is 0 Å². The Bertz CT molecular complexity index is 248. The van der Waals surface area contributed by atoms with Gasteiger partial charge in [0.25, 0.3) is 0 Å². The molecule has 0 rings (SSSR count). The molecule has 23 heavy (non-hydrogen) atoms. The summed E-state index contributed by atoms with van der Waals surface area (Å²) in [6.07, 6.45) is 12.7. The second-order valence-corrected chi connectivity index (χ2v) is 8.58. The molecule has 0 spiro atoms. The Morgan fingerprint density at radius 3 is 1.70 bits per heavy atom. The van der Waals surface area contributed by atoms with Gasteiger partial charge in [-0.2, -0.15) is 0 Å². The lowest BCUT2D eigenvalue weighted by Crippen LogP contribution is -2.14. The Morgan fingerprint density at radius 2 is 1.22 bits per heavy atom. The first-order valence-corrected chi connectivity index (χ1v) is 10.6. The molecule has 0 heterocycles. The predicted octanol–water partition coefficient (Wildman–Crippen LogP) is 6.92. The third-order valence-corrected chi connectivity index (χ3v) is 6.20. The zero-order valence-electron chi connectivity index (χ0n) is 17.5. The quantitative estimate of drug-likeness (QED) is 0.322. The molecule has 0 radical (unpaired) electrons. The van der Waals surface area contributed by atoms with Gasteiger partial charge in [-0.15, -0.1) is 0 Å². The molecule has 0 saturated carbocycles. The molecule has 0 aliphatic heterocycles. The van der Waals surface area contributed by atoms with Crippen LogP contribution in [0.1, 0.15) is 99.3 Å². The maximum absolute atomic E-state index is 3.26. The summed E-state index contributed by atoms with van der Waals surface area (Å²) in [6, 6.07) is 0. The molecule has 1 nitrogen and oxygen atoms in total. The van der Waals surface area contributed by atoms with Crippen LogP contribution in [0.5, 0.6) is 0 Å². The zero-order valence-corrected chi connectivity index (χ0v) is 17.5. The number of hydrogen-bond acceptors (Lipinski definition) is 1. The van der Waals surface area contributed by atoms with E-state index in [0.717, 1.165) is 29.6 Å². The molecule has 0 aromatic carbocycles. The van der Waals surface area contributed by atoms with E-state index in [-0.39, 0.29) is 0 Å². The predicted molar refractivity (Wildman–Crippen MR) is 107 cm³/mol. The second-order valence-electron chi connectivity index (χ2n) is 8.58. The van der Waals surface area contributed by atoms with Crippen LogP contribution in [0.15, 0.2) is 0 Å². The van der Waals surface area contributed by atoms with Crippen molar-refractivity contribution >= 4 is 0 Å². The highest BCUT2D eigenvalue weighted by Crippen LogP contribution is 2.28. The minimum atomic E-state index is 0.857. The zero-order chi connectivity index (χ0) is 17.7. The van der Waals surface area contributed by atoms with E-state index in [2.05, 4.69) is 53.9 Å². The van der Waals surface area contributed by atoms with Crippen molar-refractivity contribution in [2.75, 3.05) is 13.6 Å². The minimum absolute atomic E-state index is 0.857. The van der Waals surface area contributed by atoms with Crippen LogP contribution >= 0.6 is 0 Å². The summed E-state index contributed by atoms with van der Waals surface area (Å²) in [7, 11) is 2.06. The van der Waals surface area contributed by atoms with Gasteiger partial charge in [0.05, 0.1) is 0 Å². The maximum atomic E-state index is 3.26. The fraction of sp³-hybridized carbons (Fsp3) is 1.00. The van der Waals surface area contributed by atoms with E-state index in [0.29, 0.717) is 0 Å². The topological polar surface area (TPSA) is 12.0 Å². The SMILES string of the molecule is CCC(C)CCCC(CCCC(C)[C@@H](C)CCCNC)C(C)C. The molecule has 0 bridgehead atoms. The molecule has 0 aliphatic carbocycles. The highest BCUT2D eigenvalue weighted by Gasteiger charge is 2.16. The van der Waals surface area contributed by atoms with E-state index >= 15 is 0 Å². The number of rotatable bonds is 15. The third-order valence-electron chi connectivity index (χ3n) is 6.20. The van der Waals surface area contributed by atoms with E-state index in [1.165, 1.54) is 64.3 Å². The van der Waals surface area contributed by atoms with Crippen LogP contribution in [0, 0.1) is 29.6 Å². The third kappa shape index (κ3) is 12.0. The summed E-state index contributed by atoms with van der Waals surface area (Å²) in [6.45, 7) is 15.7. The van der Waals surface area contributed by atoms with Gasteiger partial charge in [0.15, 0.2) is 0 Å². The van der Waals surface area contributed by atoms with Crippen LogP contribution in [-0.4, -0.2) is 13.6 Å². The Hall–Kier alpha value is -0.0400. The molecule has 4 atom stereocenters. The molecular weight excluding hydrogens is 278 g/mol. The van der Waals surface area contributed by atoms with Crippen LogP contribution in [0.3, 0.4) is 0 Å². The van der Waals surface area contributed by atoms with Gasteiger partial charge in [0.1, 0.15) is 0 Å². The van der Waals surface area contributed by atoms with Crippen LogP contribution in [0.2, 0.25) is 0 Å². The van der Waals surface area contributed by atoms with Crippen LogP contribution in [0.25, 0.3) is 0 Å². The molecule has 0 amide bonds. The summed E-state index contributed by atoms with van der Waals surface area (Å²) in [4.78, 5) is 0. The maximum Gasteiger partial charge on any atom is -0.00518 e. The van der Waals surface area contributed by atoms with Gasteiger partial charge in [-0.1, -0.05) is 86.5 Å². The fourth-order valence-electron chi connectivity index (χ4n) is 3.62. The Kier molecular flexibility index (Phi) is 14.3. The number of hydrogen-bond donors (Lipinski definition) is 1. The van der Waals surface area contributed by atoms with Crippen molar-refractivity contribution in [3.05, 3.63) is 0 Å². The van der Waals surface area contributed by atoms with Crippen molar-refractivity contribution in [3.8, 4) is 0 Å². The normalized spacial score (nSPS) is 17.2. The Labute approximate surface area is 148 Å². The fourth-order valence-corrected chi connectivity index (χ4v) is 3.62. The Balaban J connectivity index is 3.93. The van der Waals surface area contributed by atoms with Gasteiger partial charge in [0.2, 0.25) is 0 Å². The lowest BCUT2D eigenvalue weighted by atomic mass is 9.82. The first kappa shape index (κ1) is 23.0. The highest BCUT2D eigenvalue weighted by molar-refractivity contribution is 4.68. The molecule has 0 fully saturated rings. The van der Waals surface area contributed by atoms with E-state index in [4.69, 9.17) is 0 Å². The van der Waals surface area contributed by atoms with Crippen LogP contribution < -0.4 is 5.32 Å². The average molecular weight is 326 g/mol. The smallest absolute Gasteiger partial charge is 0.00518 e. The molecule has 0 aliphatic rings. The lowest BCUT2D eigenvalue weighted by molar-refractivity contribution is 0.277. The standard InChI is InChI=1S/C22H47N/c1-8-19(4)12-9-15-22(18(2)3)16-10-13-20(5)21(6)14-11-17-23-7/h18-23H,8-17H2,1-7H3/t19?,20?,21-,22?/m0/s1. The van der Waals surface area contributed by atoms with Crippen molar-refractivity contribution in [3.63, 3.8) is 0 Å². The van der Waals surface area contributed by atoms with Crippen molar-refractivity contribution < 1.29 is 0 Å². The molecule has 0 aromatic heterocycles. The summed E-state index contributed by atoms with van der Waals surface area (Å²) in [5.74, 6) is 4.49. The summed E-state index contributed by atoms with van der Waals surface area (Å²) in [5, 5.41) is 3.26. The first-order chi connectivity index (χ1) is 10.9. The van der Waals surface area contributed by atoms with Gasteiger partial charge in [0, 0.05) is 0 Å². The van der Waals surface area contributed by atoms with Gasteiger partial charge in [-0.3, -0.25) is 0 Å². The summed E-state index contributed by atoms with van der Waals surface area (Å²) >= 11 is 0. The monoisotopic (exact) mass is 325 g/mol. The van der Waals surface area contributed by atoms with Gasteiger partial charge in [-0.05, 0) is 56.0 Å². The van der Waals surface area contributed by atoms with Crippen LogP contribution in [0.4, 0.5) is 0 Å². The minimum Gasteiger partial charge on any atom is -0.320 e. The number of nitrogens with one attached hydrogen (secondary N) is 1.